The van der Waals surface area contributed by atoms with Crippen LogP contribution in [-0.2, 0) is 11.8 Å². The van der Waals surface area contributed by atoms with Crippen LogP contribution < -0.4 is 5.32 Å². The Balaban J connectivity index is 1.55. The maximum absolute atomic E-state index is 12.4. The summed E-state index contributed by atoms with van der Waals surface area (Å²) >= 11 is 0. The molecular formula is C16H20N6O2. The lowest BCUT2D eigenvalue weighted by Gasteiger charge is -2.31. The minimum absolute atomic E-state index is 0.0411. The van der Waals surface area contributed by atoms with Crippen LogP contribution in [0.3, 0.4) is 0 Å². The molecule has 24 heavy (non-hydrogen) atoms. The Morgan fingerprint density at radius 1 is 1.21 bits per heavy atom. The molecule has 2 aromatic rings. The summed E-state index contributed by atoms with van der Waals surface area (Å²) in [5.41, 5.74) is 1.51. The molecule has 0 aliphatic carbocycles. The lowest BCUT2D eigenvalue weighted by molar-refractivity contribution is -0.121. The van der Waals surface area contributed by atoms with E-state index in [0.29, 0.717) is 37.4 Å². The van der Waals surface area contributed by atoms with E-state index in [1.165, 1.54) is 10.9 Å². The fourth-order valence-corrected chi connectivity index (χ4v) is 2.76. The van der Waals surface area contributed by atoms with Crippen LogP contribution in [-0.4, -0.2) is 49.8 Å². The second kappa shape index (κ2) is 6.77. The van der Waals surface area contributed by atoms with Crippen molar-refractivity contribution in [3.8, 4) is 0 Å². The number of piperidine rings is 1. The van der Waals surface area contributed by atoms with Gasteiger partial charge >= 0.3 is 0 Å². The van der Waals surface area contributed by atoms with E-state index >= 15 is 0 Å². The van der Waals surface area contributed by atoms with Gasteiger partial charge in [-0.05, 0) is 31.4 Å². The number of hydrogen-bond acceptors (Lipinski definition) is 5. The summed E-state index contributed by atoms with van der Waals surface area (Å²) in [6.45, 7) is 3.04. The Hall–Kier alpha value is -2.77. The molecular weight excluding hydrogens is 308 g/mol. The molecule has 3 heterocycles. The minimum atomic E-state index is -0.109. The number of anilines is 1. The van der Waals surface area contributed by atoms with Crippen molar-refractivity contribution in [2.24, 2.45) is 13.0 Å². The van der Waals surface area contributed by atoms with E-state index in [4.69, 9.17) is 0 Å². The molecule has 1 aliphatic rings. The lowest BCUT2D eigenvalue weighted by atomic mass is 9.95. The first-order chi connectivity index (χ1) is 11.5. The summed E-state index contributed by atoms with van der Waals surface area (Å²) in [4.78, 5) is 30.7. The zero-order chi connectivity index (χ0) is 17.1. The number of nitrogens with one attached hydrogen (secondary N) is 1. The number of carbonyl (C=O) groups is 2. The van der Waals surface area contributed by atoms with Crippen molar-refractivity contribution < 1.29 is 9.59 Å². The third kappa shape index (κ3) is 3.42. The van der Waals surface area contributed by atoms with E-state index in [1.807, 2.05) is 13.0 Å². The summed E-state index contributed by atoms with van der Waals surface area (Å²) in [6, 6.07) is 3.70. The zero-order valence-corrected chi connectivity index (χ0v) is 13.8. The van der Waals surface area contributed by atoms with Gasteiger partial charge < -0.3 is 10.2 Å². The number of pyridine rings is 1. The Morgan fingerprint density at radius 3 is 2.54 bits per heavy atom. The summed E-state index contributed by atoms with van der Waals surface area (Å²) in [7, 11) is 1.69. The summed E-state index contributed by atoms with van der Waals surface area (Å²) in [6.07, 6.45) is 4.45. The van der Waals surface area contributed by atoms with Gasteiger partial charge in [0.1, 0.15) is 11.5 Å². The molecule has 3 rings (SSSR count). The molecule has 8 heteroatoms. The fraction of sp³-hybridized carbons (Fsp3) is 0.438. The second-order valence-corrected chi connectivity index (χ2v) is 6.02. The van der Waals surface area contributed by atoms with Crippen LogP contribution in [0.5, 0.6) is 0 Å². The highest BCUT2D eigenvalue weighted by Gasteiger charge is 2.29. The van der Waals surface area contributed by atoms with Crippen LogP contribution in [0, 0.1) is 12.8 Å². The predicted molar refractivity (Wildman–Crippen MR) is 87.2 cm³/mol. The molecule has 0 radical (unpaired) electrons. The van der Waals surface area contributed by atoms with Gasteiger partial charge in [-0.1, -0.05) is 11.3 Å². The monoisotopic (exact) mass is 328 g/mol. The van der Waals surface area contributed by atoms with Crippen molar-refractivity contribution in [3.63, 3.8) is 0 Å². The van der Waals surface area contributed by atoms with E-state index in [-0.39, 0.29) is 17.7 Å². The molecule has 126 valence electrons. The van der Waals surface area contributed by atoms with Crippen LogP contribution >= 0.6 is 0 Å². The Morgan fingerprint density at radius 2 is 1.96 bits per heavy atom. The number of hydrogen-bond donors (Lipinski definition) is 1. The maximum atomic E-state index is 12.4. The number of carbonyl (C=O) groups excluding carboxylic acids is 2. The highest BCUT2D eigenvalue weighted by atomic mass is 16.2. The van der Waals surface area contributed by atoms with Gasteiger partial charge in [-0.15, -0.1) is 5.10 Å². The van der Waals surface area contributed by atoms with Gasteiger partial charge in [-0.25, -0.2) is 9.67 Å². The first-order valence-corrected chi connectivity index (χ1v) is 7.92. The molecule has 0 aromatic carbocycles. The van der Waals surface area contributed by atoms with Gasteiger partial charge in [0.05, 0.1) is 6.20 Å². The largest absolute Gasteiger partial charge is 0.337 e. The number of amides is 2. The van der Waals surface area contributed by atoms with E-state index in [2.05, 4.69) is 20.6 Å². The van der Waals surface area contributed by atoms with Gasteiger partial charge in [0.25, 0.3) is 5.91 Å². The topological polar surface area (TPSA) is 93.0 Å². The fourth-order valence-electron chi connectivity index (χ4n) is 2.76. The standard InChI is InChI=1S/C16H20N6O2/c1-11-3-4-14(17-9-11)19-15(23)12-5-7-22(8-6-12)16(24)13-10-18-20-21(13)2/h3-4,9-10,12H,5-8H2,1-2H3,(H,17,19,23). The molecule has 0 atom stereocenters. The third-order valence-electron chi connectivity index (χ3n) is 4.25. The summed E-state index contributed by atoms with van der Waals surface area (Å²) < 4.78 is 1.46. The highest BCUT2D eigenvalue weighted by molar-refractivity contribution is 5.93. The first-order valence-electron chi connectivity index (χ1n) is 7.92. The maximum Gasteiger partial charge on any atom is 0.273 e. The smallest absolute Gasteiger partial charge is 0.273 e. The second-order valence-electron chi connectivity index (χ2n) is 6.02. The number of likely N-dealkylation sites (tertiary alicyclic amines) is 1. The number of nitrogens with zero attached hydrogens (tertiary/aromatic N) is 5. The van der Waals surface area contributed by atoms with Gasteiger partial charge in [-0.2, -0.15) is 0 Å². The Bertz CT molecular complexity index is 731. The average Bonchev–Trinajstić information content (AvgIpc) is 3.02. The molecule has 0 unspecified atom stereocenters. The summed E-state index contributed by atoms with van der Waals surface area (Å²) in [5, 5.41) is 10.3. The van der Waals surface area contributed by atoms with Crippen molar-refractivity contribution in [3.05, 3.63) is 35.8 Å². The van der Waals surface area contributed by atoms with E-state index in [1.54, 1.807) is 24.2 Å². The molecule has 1 N–H and O–H groups in total. The average molecular weight is 328 g/mol. The number of rotatable bonds is 3. The van der Waals surface area contributed by atoms with Crippen molar-refractivity contribution >= 4 is 17.6 Å². The zero-order valence-electron chi connectivity index (χ0n) is 13.8. The van der Waals surface area contributed by atoms with E-state index < -0.39 is 0 Å². The van der Waals surface area contributed by atoms with Crippen LogP contribution in [0.4, 0.5) is 5.82 Å². The van der Waals surface area contributed by atoms with Crippen LogP contribution in [0.2, 0.25) is 0 Å². The molecule has 1 aliphatic heterocycles. The van der Waals surface area contributed by atoms with Gasteiger partial charge in [0.15, 0.2) is 0 Å². The highest BCUT2D eigenvalue weighted by Crippen LogP contribution is 2.20. The third-order valence-corrected chi connectivity index (χ3v) is 4.25. The van der Waals surface area contributed by atoms with Crippen molar-refractivity contribution in [2.75, 3.05) is 18.4 Å². The lowest BCUT2D eigenvalue weighted by Crippen LogP contribution is -2.42. The molecule has 0 spiro atoms. The molecule has 0 bridgehead atoms. The molecule has 1 saturated heterocycles. The number of aromatic nitrogens is 4. The number of aryl methyl sites for hydroxylation is 2. The quantitative estimate of drug-likeness (QED) is 0.907. The normalized spacial score (nSPS) is 15.3. The van der Waals surface area contributed by atoms with Gasteiger partial charge in [0, 0.05) is 32.3 Å². The molecule has 8 nitrogen and oxygen atoms in total. The first kappa shape index (κ1) is 16.1. The Labute approximate surface area is 139 Å². The molecule has 2 amide bonds. The Kier molecular flexibility index (Phi) is 4.54. The molecule has 1 fully saturated rings. The van der Waals surface area contributed by atoms with E-state index in [0.717, 1.165) is 5.56 Å². The van der Waals surface area contributed by atoms with Crippen molar-refractivity contribution in [2.45, 2.75) is 19.8 Å². The molecule has 0 saturated carbocycles. The van der Waals surface area contributed by atoms with Crippen LogP contribution in [0.15, 0.2) is 24.5 Å². The van der Waals surface area contributed by atoms with Crippen molar-refractivity contribution in [1.29, 1.82) is 0 Å². The van der Waals surface area contributed by atoms with Crippen LogP contribution in [0.25, 0.3) is 0 Å². The van der Waals surface area contributed by atoms with Crippen LogP contribution in [0.1, 0.15) is 28.9 Å². The minimum Gasteiger partial charge on any atom is -0.337 e. The van der Waals surface area contributed by atoms with Gasteiger partial charge in [0.2, 0.25) is 5.91 Å². The predicted octanol–water partition coefficient (Wildman–Crippen LogP) is 1.01. The van der Waals surface area contributed by atoms with Crippen molar-refractivity contribution in [1.82, 2.24) is 24.9 Å². The van der Waals surface area contributed by atoms with Gasteiger partial charge in [-0.3, -0.25) is 9.59 Å². The van der Waals surface area contributed by atoms with E-state index in [9.17, 15) is 9.59 Å². The SMILES string of the molecule is Cc1ccc(NC(=O)C2CCN(C(=O)c3cnnn3C)CC2)nc1. The summed E-state index contributed by atoms with van der Waals surface area (Å²) in [5.74, 6) is 0.314. The molecule has 2 aromatic heterocycles.